The zero-order valence-electron chi connectivity index (χ0n) is 13.1. The molecule has 1 saturated heterocycles. The normalized spacial score (nSPS) is 21.8. The van der Waals surface area contributed by atoms with Gasteiger partial charge in [-0.15, -0.1) is 0 Å². The van der Waals surface area contributed by atoms with Crippen LogP contribution >= 0.6 is 0 Å². The van der Waals surface area contributed by atoms with E-state index in [4.69, 9.17) is 9.15 Å². The average Bonchev–Trinajstić information content (AvgIpc) is 3.10. The van der Waals surface area contributed by atoms with Crippen LogP contribution in [0.2, 0.25) is 0 Å². The second-order valence-electron chi connectivity index (χ2n) is 5.80. The number of esters is 1. The van der Waals surface area contributed by atoms with Gasteiger partial charge < -0.3 is 14.1 Å². The Labute approximate surface area is 134 Å². The standard InChI is InChI=1S/C15H18N2O5S/c1-9-5-4-6-12-13(9)16-15(22-12)17-8-10(23(3,19)20)7-11(17)14(18)21-2/h4-6,10-11H,7-8H2,1-3H3/t10-,11+/m1/s1. The fraction of sp³-hybridized carbons (Fsp3) is 0.467. The molecule has 0 bridgehead atoms. The number of sulfone groups is 1. The number of benzene rings is 1. The fourth-order valence-corrected chi connectivity index (χ4v) is 3.84. The molecule has 23 heavy (non-hydrogen) atoms. The van der Waals surface area contributed by atoms with Gasteiger partial charge in [0.2, 0.25) is 0 Å². The van der Waals surface area contributed by atoms with Crippen molar-refractivity contribution >= 4 is 32.9 Å². The molecule has 0 amide bonds. The van der Waals surface area contributed by atoms with Crippen molar-refractivity contribution in [2.45, 2.75) is 24.6 Å². The predicted octanol–water partition coefficient (Wildman–Crippen LogP) is 1.30. The lowest BCUT2D eigenvalue weighted by molar-refractivity contribution is -0.142. The molecule has 1 aromatic heterocycles. The molecule has 3 rings (SSSR count). The first-order valence-corrected chi connectivity index (χ1v) is 9.16. The van der Waals surface area contributed by atoms with Crippen molar-refractivity contribution < 1.29 is 22.4 Å². The van der Waals surface area contributed by atoms with Gasteiger partial charge in [0, 0.05) is 12.8 Å². The van der Waals surface area contributed by atoms with Gasteiger partial charge in [0.15, 0.2) is 15.4 Å². The van der Waals surface area contributed by atoms with E-state index in [1.807, 2.05) is 19.1 Å². The smallest absolute Gasteiger partial charge is 0.328 e. The first-order valence-electron chi connectivity index (χ1n) is 7.20. The SMILES string of the molecule is COC(=O)[C@@H]1C[C@@H](S(C)(=O)=O)CN1c1nc2c(C)cccc2o1. The Morgan fingerprint density at radius 3 is 2.78 bits per heavy atom. The summed E-state index contributed by atoms with van der Waals surface area (Å²) in [5.41, 5.74) is 2.26. The summed E-state index contributed by atoms with van der Waals surface area (Å²) in [7, 11) is -1.99. The van der Waals surface area contributed by atoms with Crippen molar-refractivity contribution in [3.8, 4) is 0 Å². The molecule has 1 aliphatic rings. The molecule has 0 spiro atoms. The van der Waals surface area contributed by atoms with Crippen LogP contribution in [-0.4, -0.2) is 50.6 Å². The molecule has 0 aliphatic carbocycles. The number of hydrogen-bond acceptors (Lipinski definition) is 7. The minimum Gasteiger partial charge on any atom is -0.467 e. The first kappa shape index (κ1) is 15.8. The van der Waals surface area contributed by atoms with E-state index in [1.54, 1.807) is 11.0 Å². The second kappa shape index (κ2) is 5.52. The van der Waals surface area contributed by atoms with Crippen LogP contribution in [0, 0.1) is 6.92 Å². The van der Waals surface area contributed by atoms with Gasteiger partial charge >= 0.3 is 5.97 Å². The van der Waals surface area contributed by atoms with Gasteiger partial charge in [-0.1, -0.05) is 12.1 Å². The van der Waals surface area contributed by atoms with E-state index in [-0.39, 0.29) is 19.0 Å². The molecule has 1 aliphatic heterocycles. The van der Waals surface area contributed by atoms with Crippen LogP contribution in [0.25, 0.3) is 11.1 Å². The Bertz CT molecular complexity index is 858. The molecule has 2 aromatic rings. The van der Waals surface area contributed by atoms with Gasteiger partial charge in [-0.25, -0.2) is 13.2 Å². The number of methoxy groups -OCH3 is 1. The van der Waals surface area contributed by atoms with Crippen LogP contribution in [0.4, 0.5) is 6.01 Å². The number of fused-ring (bicyclic) bond motifs is 1. The van der Waals surface area contributed by atoms with Crippen LogP contribution in [0.5, 0.6) is 0 Å². The summed E-state index contributed by atoms with van der Waals surface area (Å²) in [4.78, 5) is 18.0. The van der Waals surface area contributed by atoms with Crippen molar-refractivity contribution in [2.24, 2.45) is 0 Å². The third kappa shape index (κ3) is 2.78. The average molecular weight is 338 g/mol. The molecular weight excluding hydrogens is 320 g/mol. The molecule has 8 heteroatoms. The number of anilines is 1. The number of hydrogen-bond donors (Lipinski definition) is 0. The Kier molecular flexibility index (Phi) is 3.79. The van der Waals surface area contributed by atoms with E-state index in [1.165, 1.54) is 13.4 Å². The van der Waals surface area contributed by atoms with E-state index in [0.29, 0.717) is 11.1 Å². The quantitative estimate of drug-likeness (QED) is 0.779. The third-order valence-corrected chi connectivity index (χ3v) is 5.75. The van der Waals surface area contributed by atoms with Crippen molar-refractivity contribution in [2.75, 3.05) is 24.8 Å². The number of ether oxygens (including phenoxy) is 1. The number of para-hydroxylation sites is 1. The number of aryl methyl sites for hydroxylation is 1. The number of nitrogens with zero attached hydrogens (tertiary/aromatic N) is 2. The first-order chi connectivity index (χ1) is 10.8. The maximum absolute atomic E-state index is 12.0. The van der Waals surface area contributed by atoms with Gasteiger partial charge in [0.05, 0.1) is 12.4 Å². The molecule has 1 fully saturated rings. The number of aromatic nitrogens is 1. The molecule has 0 unspecified atom stereocenters. The van der Waals surface area contributed by atoms with Crippen LogP contribution in [0.3, 0.4) is 0 Å². The van der Waals surface area contributed by atoms with E-state index >= 15 is 0 Å². The Morgan fingerprint density at radius 2 is 2.17 bits per heavy atom. The number of carbonyl (C=O) groups excluding carboxylic acids is 1. The minimum absolute atomic E-state index is 0.157. The van der Waals surface area contributed by atoms with Crippen molar-refractivity contribution in [3.05, 3.63) is 23.8 Å². The maximum atomic E-state index is 12.0. The zero-order chi connectivity index (χ0) is 16.8. The van der Waals surface area contributed by atoms with Gasteiger partial charge in [0.25, 0.3) is 6.01 Å². The molecular formula is C15H18N2O5S. The van der Waals surface area contributed by atoms with Gasteiger partial charge in [-0.3, -0.25) is 0 Å². The van der Waals surface area contributed by atoms with Crippen LogP contribution in [0.15, 0.2) is 22.6 Å². The molecule has 0 radical (unpaired) electrons. The van der Waals surface area contributed by atoms with Gasteiger partial charge in [-0.05, 0) is 25.0 Å². The summed E-state index contributed by atoms with van der Waals surface area (Å²) in [6, 6.07) is 5.09. The topological polar surface area (TPSA) is 89.7 Å². The molecule has 1 aromatic carbocycles. The minimum atomic E-state index is -3.28. The molecule has 7 nitrogen and oxygen atoms in total. The highest BCUT2D eigenvalue weighted by Crippen LogP contribution is 2.32. The molecule has 2 atom stereocenters. The van der Waals surface area contributed by atoms with E-state index in [9.17, 15) is 13.2 Å². The predicted molar refractivity (Wildman–Crippen MR) is 85.1 cm³/mol. The van der Waals surface area contributed by atoms with Crippen molar-refractivity contribution in [3.63, 3.8) is 0 Å². The lowest BCUT2D eigenvalue weighted by atomic mass is 10.2. The highest BCUT2D eigenvalue weighted by atomic mass is 32.2. The van der Waals surface area contributed by atoms with Gasteiger partial charge in [0.1, 0.15) is 11.6 Å². The van der Waals surface area contributed by atoms with Crippen LogP contribution in [-0.2, 0) is 19.4 Å². The summed E-state index contributed by atoms with van der Waals surface area (Å²) < 4.78 is 34.3. The summed E-state index contributed by atoms with van der Waals surface area (Å²) in [6.45, 7) is 2.07. The summed E-state index contributed by atoms with van der Waals surface area (Å²) in [5, 5.41) is -0.650. The summed E-state index contributed by atoms with van der Waals surface area (Å²) in [6.07, 6.45) is 1.34. The Hall–Kier alpha value is -2.09. The van der Waals surface area contributed by atoms with Crippen LogP contribution in [0.1, 0.15) is 12.0 Å². The third-order valence-electron chi connectivity index (χ3n) is 4.20. The summed E-state index contributed by atoms with van der Waals surface area (Å²) in [5.74, 6) is -0.491. The Morgan fingerprint density at radius 1 is 1.43 bits per heavy atom. The lowest BCUT2D eigenvalue weighted by Gasteiger charge is -2.19. The monoisotopic (exact) mass is 338 g/mol. The van der Waals surface area contributed by atoms with Crippen LogP contribution < -0.4 is 4.90 Å². The largest absolute Gasteiger partial charge is 0.467 e. The van der Waals surface area contributed by atoms with E-state index in [2.05, 4.69) is 4.98 Å². The van der Waals surface area contributed by atoms with Crippen molar-refractivity contribution in [1.82, 2.24) is 4.98 Å². The number of rotatable bonds is 3. The molecule has 124 valence electrons. The highest BCUT2D eigenvalue weighted by Gasteiger charge is 2.43. The van der Waals surface area contributed by atoms with E-state index < -0.39 is 27.1 Å². The second-order valence-corrected chi connectivity index (χ2v) is 8.12. The van der Waals surface area contributed by atoms with E-state index in [0.717, 1.165) is 5.56 Å². The maximum Gasteiger partial charge on any atom is 0.328 e. The van der Waals surface area contributed by atoms with Gasteiger partial charge in [-0.2, -0.15) is 4.98 Å². The fourth-order valence-electron chi connectivity index (χ4n) is 2.88. The summed E-state index contributed by atoms with van der Waals surface area (Å²) >= 11 is 0. The molecule has 0 N–H and O–H groups in total. The van der Waals surface area contributed by atoms with Crippen molar-refractivity contribution in [1.29, 1.82) is 0 Å². The lowest BCUT2D eigenvalue weighted by Crippen LogP contribution is -2.37. The zero-order valence-corrected chi connectivity index (χ0v) is 14.0. The highest BCUT2D eigenvalue weighted by molar-refractivity contribution is 7.91. The number of oxazole rings is 1. The molecule has 2 heterocycles. The Balaban J connectivity index is 2.03. The molecule has 0 saturated carbocycles. The number of carbonyl (C=O) groups is 1.